The second-order valence-corrected chi connectivity index (χ2v) is 9.46. The van der Waals surface area contributed by atoms with Crippen LogP contribution in [0.5, 0.6) is 0 Å². The first-order chi connectivity index (χ1) is 18.8. The maximum Gasteiger partial charge on any atom is 0.314 e. The quantitative estimate of drug-likeness (QED) is 0.269. The lowest BCUT2D eigenvalue weighted by Gasteiger charge is -2.38. The summed E-state index contributed by atoms with van der Waals surface area (Å²) in [4.78, 5) is 22.4. The molecule has 1 fully saturated rings. The first-order valence-electron chi connectivity index (χ1n) is 12.4. The van der Waals surface area contributed by atoms with Crippen LogP contribution in [-0.2, 0) is 11.3 Å². The van der Waals surface area contributed by atoms with Gasteiger partial charge in [0.25, 0.3) is 5.89 Å². The van der Waals surface area contributed by atoms with Crippen molar-refractivity contribution in [3.05, 3.63) is 66.3 Å². The second kappa shape index (κ2) is 11.3. The van der Waals surface area contributed by atoms with Crippen LogP contribution in [0.1, 0.15) is 30.9 Å². The zero-order valence-corrected chi connectivity index (χ0v) is 21.4. The lowest BCUT2D eigenvalue weighted by molar-refractivity contribution is -0.107. The van der Waals surface area contributed by atoms with Crippen molar-refractivity contribution >= 4 is 17.8 Å². The third kappa shape index (κ3) is 5.65. The number of alkyl halides is 2. The molecule has 0 unspecified atom stereocenters. The zero-order valence-electron chi connectivity index (χ0n) is 21.4. The summed E-state index contributed by atoms with van der Waals surface area (Å²) in [5.41, 5.74) is 2.22. The molecule has 0 atom stereocenters. The summed E-state index contributed by atoms with van der Waals surface area (Å²) in [6.45, 7) is 1.91. The minimum Gasteiger partial charge on any atom is -0.464 e. The molecule has 5 rings (SSSR count). The second-order valence-electron chi connectivity index (χ2n) is 9.46. The van der Waals surface area contributed by atoms with E-state index in [0.29, 0.717) is 40.4 Å². The molecular weight excluding hydrogens is 513 g/mol. The molecule has 4 heterocycles. The van der Waals surface area contributed by atoms with Crippen molar-refractivity contribution in [3.8, 4) is 22.8 Å². The Morgan fingerprint density at radius 3 is 2.56 bits per heavy atom. The molecule has 0 aliphatic carbocycles. The number of furan rings is 1. The Hall–Kier alpha value is -4.19. The number of halogens is 3. The van der Waals surface area contributed by atoms with Crippen molar-refractivity contribution in [1.82, 2.24) is 20.1 Å². The lowest BCUT2D eigenvalue weighted by Crippen LogP contribution is -2.42. The van der Waals surface area contributed by atoms with Crippen LogP contribution in [-0.4, -0.2) is 59.7 Å². The van der Waals surface area contributed by atoms with E-state index in [1.165, 1.54) is 23.4 Å². The molecule has 0 N–H and O–H groups in total. The number of hydrogen-bond donors (Lipinski definition) is 0. The highest BCUT2D eigenvalue weighted by atomic mass is 19.3. The Balaban J connectivity index is 1.45. The van der Waals surface area contributed by atoms with Gasteiger partial charge in [-0.3, -0.25) is 9.78 Å². The predicted molar refractivity (Wildman–Crippen MR) is 138 cm³/mol. The van der Waals surface area contributed by atoms with Gasteiger partial charge >= 0.3 is 6.43 Å². The number of likely N-dealkylation sites (tertiary alicyclic amines) is 1. The molecule has 1 amide bonds. The highest BCUT2D eigenvalue weighted by Gasteiger charge is 2.26. The van der Waals surface area contributed by atoms with E-state index in [9.17, 15) is 13.6 Å². The van der Waals surface area contributed by atoms with Crippen molar-refractivity contribution in [1.29, 1.82) is 0 Å². The summed E-state index contributed by atoms with van der Waals surface area (Å²) >= 11 is 0. The summed E-state index contributed by atoms with van der Waals surface area (Å²) < 4.78 is 51.3. The number of nitrogens with zero attached hydrogens (tertiary/aromatic N) is 6. The Bertz CT molecular complexity index is 1400. The zero-order chi connectivity index (χ0) is 27.5. The lowest BCUT2D eigenvalue weighted by atomic mass is 10.0. The fraction of sp³-hybridized carbons (Fsp3) is 0.333. The molecule has 204 valence electrons. The fourth-order valence-corrected chi connectivity index (χ4v) is 4.70. The molecule has 1 aliphatic heterocycles. The van der Waals surface area contributed by atoms with Crippen molar-refractivity contribution in [3.63, 3.8) is 0 Å². The van der Waals surface area contributed by atoms with Crippen LogP contribution in [0.4, 0.5) is 24.5 Å². The first kappa shape index (κ1) is 26.4. The molecular formula is C27H27F3N6O3. The third-order valence-corrected chi connectivity index (χ3v) is 6.93. The van der Waals surface area contributed by atoms with Gasteiger partial charge in [0.15, 0.2) is 0 Å². The minimum atomic E-state index is -2.87. The summed E-state index contributed by atoms with van der Waals surface area (Å²) in [6, 6.07) is 9.84. The van der Waals surface area contributed by atoms with E-state index in [4.69, 9.17) is 8.83 Å². The molecule has 39 heavy (non-hydrogen) atoms. The van der Waals surface area contributed by atoms with E-state index in [0.717, 1.165) is 25.9 Å². The fourth-order valence-electron chi connectivity index (χ4n) is 4.70. The van der Waals surface area contributed by atoms with Crippen LogP contribution < -0.4 is 9.80 Å². The minimum absolute atomic E-state index is 0.0453. The molecule has 0 bridgehead atoms. The van der Waals surface area contributed by atoms with Crippen LogP contribution in [0, 0.1) is 5.82 Å². The van der Waals surface area contributed by atoms with Gasteiger partial charge in [-0.2, -0.15) is 8.78 Å². The molecule has 9 nitrogen and oxygen atoms in total. The maximum absolute atomic E-state index is 15.4. The molecule has 0 radical (unpaired) electrons. The Morgan fingerprint density at radius 2 is 1.95 bits per heavy atom. The standard InChI is InChI=1S/C27H27F3N6O3/c1-34-9-7-19(8-10-34)35(2)22-12-20(24-4-3-11-38-24)21(28)13-23(22)36(16-37)15-18-6-5-17(14-31-18)26-32-33-27(39-26)25(29)30/h3-6,11-14,16,19,25H,7-10,15H2,1-2H3. The Morgan fingerprint density at radius 1 is 1.15 bits per heavy atom. The average molecular weight is 541 g/mol. The van der Waals surface area contributed by atoms with Gasteiger partial charge in [-0.25, -0.2) is 4.39 Å². The van der Waals surface area contributed by atoms with Gasteiger partial charge in [-0.15, -0.1) is 10.2 Å². The third-order valence-electron chi connectivity index (χ3n) is 6.93. The van der Waals surface area contributed by atoms with Crippen LogP contribution in [0.2, 0.25) is 0 Å². The maximum atomic E-state index is 15.4. The van der Waals surface area contributed by atoms with E-state index in [1.54, 1.807) is 30.3 Å². The van der Waals surface area contributed by atoms with Gasteiger partial charge in [-0.05, 0) is 63.3 Å². The highest BCUT2D eigenvalue weighted by Crippen LogP contribution is 2.38. The van der Waals surface area contributed by atoms with Gasteiger partial charge in [-0.1, -0.05) is 0 Å². The summed E-state index contributed by atoms with van der Waals surface area (Å²) in [6.07, 6.45) is 2.49. The Kier molecular flexibility index (Phi) is 7.64. The van der Waals surface area contributed by atoms with Gasteiger partial charge in [0.2, 0.25) is 12.3 Å². The van der Waals surface area contributed by atoms with Gasteiger partial charge < -0.3 is 23.5 Å². The van der Waals surface area contributed by atoms with Crippen LogP contribution in [0.25, 0.3) is 22.8 Å². The molecule has 12 heteroatoms. The molecule has 0 spiro atoms. The molecule has 1 aliphatic rings. The van der Waals surface area contributed by atoms with Crippen LogP contribution in [0.3, 0.4) is 0 Å². The van der Waals surface area contributed by atoms with E-state index in [-0.39, 0.29) is 18.5 Å². The van der Waals surface area contributed by atoms with Crippen molar-refractivity contribution < 1.29 is 26.8 Å². The van der Waals surface area contributed by atoms with Gasteiger partial charge in [0.1, 0.15) is 11.6 Å². The SMILES string of the molecule is CN1CCC(N(C)c2cc(-c3ccco3)c(F)cc2N(C=O)Cc2ccc(-c3nnc(C(F)F)o3)cn2)CC1. The van der Waals surface area contributed by atoms with Gasteiger partial charge in [0, 0.05) is 25.4 Å². The molecule has 3 aromatic heterocycles. The topological polar surface area (TPSA) is 91.7 Å². The van der Waals surface area contributed by atoms with Crippen molar-refractivity contribution in [2.75, 3.05) is 37.0 Å². The number of carbonyl (C=O) groups is 1. The number of hydrogen-bond acceptors (Lipinski definition) is 8. The number of benzene rings is 1. The normalized spacial score (nSPS) is 14.6. The number of amides is 1. The number of carbonyl (C=O) groups excluding carboxylic acids is 1. The van der Waals surface area contributed by atoms with Gasteiger partial charge in [0.05, 0.1) is 41.0 Å². The molecule has 1 aromatic carbocycles. The van der Waals surface area contributed by atoms with E-state index >= 15 is 4.39 Å². The number of aromatic nitrogens is 3. The monoisotopic (exact) mass is 540 g/mol. The number of anilines is 2. The average Bonchev–Trinajstić information content (AvgIpc) is 3.65. The first-order valence-corrected chi connectivity index (χ1v) is 12.4. The van der Waals surface area contributed by atoms with E-state index in [2.05, 4.69) is 32.0 Å². The van der Waals surface area contributed by atoms with Crippen molar-refractivity contribution in [2.45, 2.75) is 31.9 Å². The predicted octanol–water partition coefficient (Wildman–Crippen LogP) is 5.16. The van der Waals surface area contributed by atoms with Crippen LogP contribution in [0.15, 0.2) is 57.7 Å². The highest BCUT2D eigenvalue weighted by molar-refractivity contribution is 5.86. The number of piperidine rings is 1. The summed E-state index contributed by atoms with van der Waals surface area (Å²) in [5.74, 6) is -0.999. The molecule has 4 aromatic rings. The number of rotatable bonds is 9. The summed E-state index contributed by atoms with van der Waals surface area (Å²) in [5, 5.41) is 6.94. The smallest absolute Gasteiger partial charge is 0.314 e. The Labute approximate surface area is 222 Å². The van der Waals surface area contributed by atoms with E-state index < -0.39 is 18.1 Å². The van der Waals surface area contributed by atoms with Crippen molar-refractivity contribution in [2.24, 2.45) is 0 Å². The largest absolute Gasteiger partial charge is 0.464 e. The van der Waals surface area contributed by atoms with E-state index in [1.807, 2.05) is 7.05 Å². The summed E-state index contributed by atoms with van der Waals surface area (Å²) in [7, 11) is 4.03. The van der Waals surface area contributed by atoms with Crippen LogP contribution >= 0.6 is 0 Å². The number of pyridine rings is 1. The molecule has 0 saturated carbocycles. The molecule has 1 saturated heterocycles.